The molecule has 2 aliphatic rings. The fraction of sp³-hybridized carbons (Fsp3) is 0.0400. The van der Waals surface area contributed by atoms with Crippen molar-refractivity contribution in [2.75, 3.05) is 0 Å². The van der Waals surface area contributed by atoms with Crippen molar-refractivity contribution in [3.63, 3.8) is 0 Å². The van der Waals surface area contributed by atoms with Gasteiger partial charge in [-0.1, -0.05) is 60.7 Å². The van der Waals surface area contributed by atoms with Gasteiger partial charge in [-0.3, -0.25) is 10.2 Å². The highest BCUT2D eigenvalue weighted by atomic mass is 32.2. The predicted molar refractivity (Wildman–Crippen MR) is 128 cm³/mol. The van der Waals surface area contributed by atoms with E-state index >= 15 is 0 Å². The first-order valence-electron chi connectivity index (χ1n) is 10.1. The third-order valence-electron chi connectivity index (χ3n) is 5.02. The van der Waals surface area contributed by atoms with Gasteiger partial charge >= 0.3 is 0 Å². The van der Waals surface area contributed by atoms with Gasteiger partial charge in [-0.25, -0.2) is 4.39 Å². The van der Waals surface area contributed by atoms with Crippen LogP contribution >= 0.6 is 11.8 Å². The smallest absolute Gasteiger partial charge is 0.283 e. The number of hydrogen-bond donors (Lipinski definition) is 1. The molecule has 0 aromatic heterocycles. The maximum Gasteiger partial charge on any atom is 0.283 e. The van der Waals surface area contributed by atoms with Crippen molar-refractivity contribution in [2.24, 2.45) is 10.1 Å². The third-order valence-corrected chi connectivity index (χ3v) is 5.98. The van der Waals surface area contributed by atoms with Crippen LogP contribution in [0.5, 0.6) is 5.75 Å². The minimum Gasteiger partial charge on any atom is -0.489 e. The summed E-state index contributed by atoms with van der Waals surface area (Å²) < 4.78 is 19.4. The average Bonchev–Trinajstić information content (AvgIpc) is 3.27. The molecule has 0 bridgehead atoms. The van der Waals surface area contributed by atoms with Crippen LogP contribution in [0, 0.1) is 11.2 Å². The van der Waals surface area contributed by atoms with E-state index in [0.717, 1.165) is 5.56 Å². The molecule has 0 saturated heterocycles. The Bertz CT molecular complexity index is 1330. The van der Waals surface area contributed by atoms with E-state index in [4.69, 9.17) is 10.1 Å². The molecule has 0 aliphatic carbocycles. The van der Waals surface area contributed by atoms with Crippen molar-refractivity contribution in [1.29, 1.82) is 5.41 Å². The second kappa shape index (κ2) is 8.84. The van der Waals surface area contributed by atoms with E-state index in [1.165, 1.54) is 22.8 Å². The Morgan fingerprint density at radius 3 is 2.48 bits per heavy atom. The van der Waals surface area contributed by atoms with E-state index in [9.17, 15) is 9.18 Å². The zero-order chi connectivity index (χ0) is 22.8. The molecule has 2 aliphatic heterocycles. The second-order valence-corrected chi connectivity index (χ2v) is 8.20. The fourth-order valence-electron chi connectivity index (χ4n) is 3.29. The molecule has 1 N–H and O–H groups in total. The van der Waals surface area contributed by atoms with Crippen molar-refractivity contribution in [2.45, 2.75) is 6.61 Å². The van der Waals surface area contributed by atoms with E-state index in [0.29, 0.717) is 27.1 Å². The Hall–Kier alpha value is -4.04. The number of carbonyl (C=O) groups is 1. The van der Waals surface area contributed by atoms with E-state index in [1.54, 1.807) is 48.5 Å². The number of hydrogen-bond acceptors (Lipinski definition) is 5. The summed E-state index contributed by atoms with van der Waals surface area (Å²) in [5.41, 5.74) is 2.23. The van der Waals surface area contributed by atoms with E-state index in [2.05, 4.69) is 10.1 Å². The highest BCUT2D eigenvalue weighted by Gasteiger charge is 2.35. The van der Waals surface area contributed by atoms with Crippen LogP contribution in [0.4, 0.5) is 4.39 Å². The van der Waals surface area contributed by atoms with Gasteiger partial charge in [-0.05, 0) is 41.6 Å². The van der Waals surface area contributed by atoms with Gasteiger partial charge in [0.15, 0.2) is 5.84 Å². The molecule has 0 atom stereocenters. The first kappa shape index (κ1) is 20.8. The van der Waals surface area contributed by atoms with Crippen molar-refractivity contribution >= 4 is 39.8 Å². The molecule has 0 saturated carbocycles. The largest absolute Gasteiger partial charge is 0.489 e. The molecule has 3 aromatic carbocycles. The lowest BCUT2D eigenvalue weighted by Crippen LogP contribution is -2.35. The normalized spacial score (nSPS) is 16.5. The van der Waals surface area contributed by atoms with Gasteiger partial charge in [0.25, 0.3) is 5.91 Å². The summed E-state index contributed by atoms with van der Waals surface area (Å²) in [4.78, 5) is 16.7. The number of halogens is 1. The number of nitrogens with zero attached hydrogens (tertiary/aromatic N) is 3. The first-order valence-corrected chi connectivity index (χ1v) is 10.9. The van der Waals surface area contributed by atoms with Crippen LogP contribution < -0.4 is 4.74 Å². The summed E-state index contributed by atoms with van der Waals surface area (Å²) in [6.07, 6.45) is 1.60. The van der Waals surface area contributed by atoms with Gasteiger partial charge in [-0.15, -0.1) is 0 Å². The number of amidine groups is 2. The molecule has 1 amide bonds. The van der Waals surface area contributed by atoms with Crippen LogP contribution in [-0.2, 0) is 11.4 Å². The molecule has 8 heteroatoms. The number of aliphatic imine (C=N–C) groups is 1. The van der Waals surface area contributed by atoms with Crippen molar-refractivity contribution in [1.82, 2.24) is 5.01 Å². The Morgan fingerprint density at radius 2 is 1.73 bits per heavy atom. The Balaban J connectivity index is 1.32. The maximum atomic E-state index is 13.7. The Morgan fingerprint density at radius 1 is 1.00 bits per heavy atom. The Labute approximate surface area is 193 Å². The SMILES string of the molecule is N=C1/C(=C/c2ccc(OCc3ccccc3F)cc2)C(=O)N=C2SC(c3ccccc3)=NN12. The summed E-state index contributed by atoms with van der Waals surface area (Å²) >= 11 is 1.26. The lowest BCUT2D eigenvalue weighted by molar-refractivity contribution is -0.114. The number of nitrogens with one attached hydrogen (secondary N) is 1. The molecule has 33 heavy (non-hydrogen) atoms. The molecule has 0 radical (unpaired) electrons. The molecule has 3 aromatic rings. The number of benzene rings is 3. The van der Waals surface area contributed by atoms with Crippen molar-refractivity contribution in [3.05, 3.63) is 107 Å². The van der Waals surface area contributed by atoms with Gasteiger partial charge in [-0.2, -0.15) is 15.1 Å². The number of rotatable bonds is 5. The second-order valence-electron chi connectivity index (χ2n) is 7.24. The lowest BCUT2D eigenvalue weighted by atomic mass is 10.1. The van der Waals surface area contributed by atoms with Gasteiger partial charge < -0.3 is 4.74 Å². The van der Waals surface area contributed by atoms with Crippen LogP contribution in [0.2, 0.25) is 0 Å². The first-order chi connectivity index (χ1) is 16.1. The van der Waals surface area contributed by atoms with Crippen LogP contribution in [-0.4, -0.2) is 27.0 Å². The number of amides is 1. The number of fused-ring (bicyclic) bond motifs is 1. The summed E-state index contributed by atoms with van der Waals surface area (Å²) in [5, 5.41) is 15.4. The topological polar surface area (TPSA) is 78.1 Å². The molecule has 162 valence electrons. The zero-order valence-electron chi connectivity index (χ0n) is 17.2. The van der Waals surface area contributed by atoms with E-state index < -0.39 is 5.91 Å². The third kappa shape index (κ3) is 4.33. The van der Waals surface area contributed by atoms with Crippen LogP contribution in [0.25, 0.3) is 6.08 Å². The monoisotopic (exact) mass is 456 g/mol. The predicted octanol–water partition coefficient (Wildman–Crippen LogP) is 5.07. The van der Waals surface area contributed by atoms with Crippen LogP contribution in [0.15, 0.2) is 94.5 Å². The molecule has 0 fully saturated rings. The van der Waals surface area contributed by atoms with Gasteiger partial charge in [0.2, 0.25) is 5.17 Å². The summed E-state index contributed by atoms with van der Waals surface area (Å²) in [6, 6.07) is 23.0. The van der Waals surface area contributed by atoms with E-state index in [-0.39, 0.29) is 23.8 Å². The fourth-order valence-corrected chi connectivity index (χ4v) is 4.19. The minimum absolute atomic E-state index is 0.0247. The number of hydrazone groups is 1. The van der Waals surface area contributed by atoms with Gasteiger partial charge in [0.1, 0.15) is 23.2 Å². The highest BCUT2D eigenvalue weighted by Crippen LogP contribution is 2.31. The van der Waals surface area contributed by atoms with Crippen molar-refractivity contribution < 1.29 is 13.9 Å². The summed E-state index contributed by atoms with van der Waals surface area (Å²) in [5.74, 6) is -0.253. The highest BCUT2D eigenvalue weighted by molar-refractivity contribution is 8.27. The summed E-state index contributed by atoms with van der Waals surface area (Å²) in [7, 11) is 0. The molecular weight excluding hydrogens is 439 g/mol. The quantitative estimate of drug-likeness (QED) is 0.544. The standard InChI is InChI=1S/C25H17FN4O2S/c26-21-9-5-4-8-18(21)15-32-19-12-10-16(11-13-19)14-20-22(27)30-25(28-23(20)31)33-24(29-30)17-6-2-1-3-7-17/h1-14,27H,15H2/b20-14-,27-22?. The molecular formula is C25H17FN4O2S. The van der Waals surface area contributed by atoms with E-state index in [1.807, 2.05) is 30.3 Å². The minimum atomic E-state index is -0.483. The molecule has 0 spiro atoms. The van der Waals surface area contributed by atoms with Gasteiger partial charge in [0, 0.05) is 11.1 Å². The summed E-state index contributed by atoms with van der Waals surface area (Å²) in [6.45, 7) is 0.113. The van der Waals surface area contributed by atoms with Gasteiger partial charge in [0.05, 0.1) is 5.57 Å². The lowest BCUT2D eigenvalue weighted by Gasteiger charge is -2.20. The van der Waals surface area contributed by atoms with Crippen LogP contribution in [0.3, 0.4) is 0 Å². The molecule has 6 nitrogen and oxygen atoms in total. The zero-order valence-corrected chi connectivity index (χ0v) is 18.1. The molecule has 5 rings (SSSR count). The van der Waals surface area contributed by atoms with Crippen LogP contribution in [0.1, 0.15) is 16.7 Å². The Kier molecular flexibility index (Phi) is 5.58. The average molecular weight is 457 g/mol. The number of thioether (sulfide) groups is 1. The molecule has 0 unspecified atom stereocenters. The number of ether oxygens (including phenoxy) is 1. The number of carbonyl (C=O) groups excluding carboxylic acids is 1. The maximum absolute atomic E-state index is 13.7. The molecule has 2 heterocycles. The van der Waals surface area contributed by atoms with Crippen molar-refractivity contribution in [3.8, 4) is 5.75 Å².